The van der Waals surface area contributed by atoms with Gasteiger partial charge in [0.15, 0.2) is 0 Å². The molecule has 2 atom stereocenters. The van der Waals surface area contributed by atoms with Gasteiger partial charge in [-0.05, 0) is 66.4 Å². The van der Waals surface area contributed by atoms with E-state index in [9.17, 15) is 0 Å². The van der Waals surface area contributed by atoms with Gasteiger partial charge in [-0.25, -0.2) is 0 Å². The Morgan fingerprint density at radius 2 is 1.80 bits per heavy atom. The molecule has 1 nitrogen and oxygen atoms in total. The molecule has 0 heterocycles. The van der Waals surface area contributed by atoms with Crippen LogP contribution in [-0.2, 0) is 6.61 Å². The minimum absolute atomic E-state index is 0.625. The van der Waals surface area contributed by atoms with Gasteiger partial charge >= 0.3 is 0 Å². The molecule has 0 radical (unpaired) electrons. The number of hydrogen-bond donors (Lipinski definition) is 0. The lowest BCUT2D eigenvalue weighted by molar-refractivity contribution is 0.306. The third kappa shape index (κ3) is 5.22. The molecule has 132 valence electrons. The number of para-hydroxylation sites is 1. The molecule has 0 saturated carbocycles. The summed E-state index contributed by atoms with van der Waals surface area (Å²) in [5.74, 6) is 2.68. The second-order valence-corrected chi connectivity index (χ2v) is 7.42. The SMILES string of the molecule is CCC(C)CC1CC=C(c2ccc(COc3ccccc3)cc2)CC1. The van der Waals surface area contributed by atoms with E-state index < -0.39 is 0 Å². The molecule has 2 aromatic rings. The first kappa shape index (κ1) is 17.8. The van der Waals surface area contributed by atoms with Crippen molar-refractivity contribution in [3.63, 3.8) is 0 Å². The Hall–Kier alpha value is -2.02. The molecule has 1 aliphatic rings. The van der Waals surface area contributed by atoms with Crippen LogP contribution in [0.3, 0.4) is 0 Å². The van der Waals surface area contributed by atoms with Crippen LogP contribution in [-0.4, -0.2) is 0 Å². The molecule has 0 bridgehead atoms. The highest BCUT2D eigenvalue weighted by atomic mass is 16.5. The summed E-state index contributed by atoms with van der Waals surface area (Å²) in [5, 5.41) is 0. The first-order chi connectivity index (χ1) is 12.2. The van der Waals surface area contributed by atoms with E-state index in [1.807, 2.05) is 30.3 Å². The molecule has 0 aromatic heterocycles. The normalized spacial score (nSPS) is 18.5. The minimum atomic E-state index is 0.625. The van der Waals surface area contributed by atoms with Crippen molar-refractivity contribution in [2.75, 3.05) is 0 Å². The van der Waals surface area contributed by atoms with Crippen molar-refractivity contribution in [2.45, 2.75) is 52.6 Å². The van der Waals surface area contributed by atoms with Crippen LogP contribution in [0.5, 0.6) is 5.75 Å². The van der Waals surface area contributed by atoms with Gasteiger partial charge in [0, 0.05) is 0 Å². The maximum Gasteiger partial charge on any atom is 0.119 e. The zero-order chi connectivity index (χ0) is 17.5. The van der Waals surface area contributed by atoms with Gasteiger partial charge in [-0.2, -0.15) is 0 Å². The summed E-state index contributed by atoms with van der Waals surface area (Å²) < 4.78 is 5.82. The molecule has 0 saturated heterocycles. The average molecular weight is 335 g/mol. The van der Waals surface area contributed by atoms with E-state index in [1.54, 1.807) is 0 Å². The maximum atomic E-state index is 5.82. The summed E-state index contributed by atoms with van der Waals surface area (Å²) in [7, 11) is 0. The van der Waals surface area contributed by atoms with E-state index in [1.165, 1.54) is 48.8 Å². The van der Waals surface area contributed by atoms with Crippen molar-refractivity contribution in [3.8, 4) is 5.75 Å². The zero-order valence-corrected chi connectivity index (χ0v) is 15.6. The molecule has 25 heavy (non-hydrogen) atoms. The van der Waals surface area contributed by atoms with Crippen LogP contribution in [0.2, 0.25) is 0 Å². The standard InChI is InChI=1S/C24H30O/c1-3-19(2)17-20-9-13-22(14-10-20)23-15-11-21(12-16-23)18-25-24-7-5-4-6-8-24/h4-8,11-13,15-16,19-20H,3,9-10,14,17-18H2,1-2H3. The Balaban J connectivity index is 1.54. The van der Waals surface area contributed by atoms with Gasteiger partial charge in [0.2, 0.25) is 0 Å². The summed E-state index contributed by atoms with van der Waals surface area (Å²) in [6, 6.07) is 18.9. The van der Waals surface area contributed by atoms with Crippen LogP contribution in [0.25, 0.3) is 5.57 Å². The Morgan fingerprint density at radius 3 is 2.44 bits per heavy atom. The Bertz CT molecular complexity index is 669. The van der Waals surface area contributed by atoms with Crippen LogP contribution in [0.1, 0.15) is 57.1 Å². The van der Waals surface area contributed by atoms with Crippen molar-refractivity contribution >= 4 is 5.57 Å². The molecule has 0 aliphatic heterocycles. The van der Waals surface area contributed by atoms with Gasteiger partial charge < -0.3 is 4.74 Å². The van der Waals surface area contributed by atoms with E-state index in [-0.39, 0.29) is 0 Å². The van der Waals surface area contributed by atoms with Gasteiger partial charge in [0.05, 0.1) is 0 Å². The average Bonchev–Trinajstić information content (AvgIpc) is 2.68. The predicted octanol–water partition coefficient (Wildman–Crippen LogP) is 6.89. The number of rotatable bonds is 7. The lowest BCUT2D eigenvalue weighted by Gasteiger charge is -2.24. The second kappa shape index (κ2) is 8.89. The molecule has 1 aliphatic carbocycles. The molecule has 1 heteroatoms. The largest absolute Gasteiger partial charge is 0.489 e. The Morgan fingerprint density at radius 1 is 1.04 bits per heavy atom. The number of benzene rings is 2. The monoisotopic (exact) mass is 334 g/mol. The van der Waals surface area contributed by atoms with E-state index >= 15 is 0 Å². The molecular formula is C24H30O. The molecule has 2 unspecified atom stereocenters. The van der Waals surface area contributed by atoms with E-state index in [0.29, 0.717) is 6.61 Å². The van der Waals surface area contributed by atoms with Crippen LogP contribution >= 0.6 is 0 Å². The smallest absolute Gasteiger partial charge is 0.119 e. The molecule has 0 amide bonds. The van der Waals surface area contributed by atoms with E-state index in [4.69, 9.17) is 4.74 Å². The number of hydrogen-bond acceptors (Lipinski definition) is 1. The van der Waals surface area contributed by atoms with Gasteiger partial charge in [-0.15, -0.1) is 0 Å². The highest BCUT2D eigenvalue weighted by molar-refractivity contribution is 5.66. The first-order valence-corrected chi connectivity index (χ1v) is 9.70. The lowest BCUT2D eigenvalue weighted by atomic mass is 9.81. The van der Waals surface area contributed by atoms with Crippen molar-refractivity contribution < 1.29 is 4.74 Å². The fourth-order valence-electron chi connectivity index (χ4n) is 3.60. The highest BCUT2D eigenvalue weighted by Crippen LogP contribution is 2.34. The maximum absolute atomic E-state index is 5.82. The quantitative estimate of drug-likeness (QED) is 0.536. The summed E-state index contributed by atoms with van der Waals surface area (Å²) in [5.41, 5.74) is 4.13. The Kier molecular flexibility index (Phi) is 6.33. The topological polar surface area (TPSA) is 9.23 Å². The molecule has 2 aromatic carbocycles. The fraction of sp³-hybridized carbons (Fsp3) is 0.417. The third-order valence-electron chi connectivity index (χ3n) is 5.43. The van der Waals surface area contributed by atoms with Crippen molar-refractivity contribution in [1.29, 1.82) is 0 Å². The van der Waals surface area contributed by atoms with E-state index in [2.05, 4.69) is 44.2 Å². The first-order valence-electron chi connectivity index (χ1n) is 9.70. The summed E-state index contributed by atoms with van der Waals surface area (Å²) in [4.78, 5) is 0. The van der Waals surface area contributed by atoms with Gasteiger partial charge in [-0.3, -0.25) is 0 Å². The Labute approximate surface area is 152 Å². The van der Waals surface area contributed by atoms with Crippen LogP contribution in [0.15, 0.2) is 60.7 Å². The van der Waals surface area contributed by atoms with Crippen molar-refractivity contribution in [2.24, 2.45) is 11.8 Å². The zero-order valence-electron chi connectivity index (χ0n) is 15.6. The molecule has 0 N–H and O–H groups in total. The van der Waals surface area contributed by atoms with Crippen molar-refractivity contribution in [1.82, 2.24) is 0 Å². The second-order valence-electron chi connectivity index (χ2n) is 7.42. The molecular weight excluding hydrogens is 304 g/mol. The number of ether oxygens (including phenoxy) is 1. The highest BCUT2D eigenvalue weighted by Gasteiger charge is 2.17. The third-order valence-corrected chi connectivity index (χ3v) is 5.43. The van der Waals surface area contributed by atoms with Gasteiger partial charge in [-0.1, -0.05) is 68.8 Å². The van der Waals surface area contributed by atoms with Gasteiger partial charge in [0.25, 0.3) is 0 Å². The fourth-order valence-corrected chi connectivity index (χ4v) is 3.60. The van der Waals surface area contributed by atoms with Crippen molar-refractivity contribution in [3.05, 3.63) is 71.8 Å². The van der Waals surface area contributed by atoms with E-state index in [0.717, 1.165) is 17.6 Å². The minimum Gasteiger partial charge on any atom is -0.489 e. The predicted molar refractivity (Wildman–Crippen MR) is 107 cm³/mol. The van der Waals surface area contributed by atoms with Crippen LogP contribution < -0.4 is 4.74 Å². The van der Waals surface area contributed by atoms with Crippen LogP contribution in [0.4, 0.5) is 0 Å². The van der Waals surface area contributed by atoms with Crippen LogP contribution in [0, 0.1) is 11.8 Å². The summed E-state index contributed by atoms with van der Waals surface area (Å²) in [6.07, 6.45) is 8.98. The lowest BCUT2D eigenvalue weighted by Crippen LogP contribution is -2.09. The number of allylic oxidation sites excluding steroid dienone is 2. The summed E-state index contributed by atoms with van der Waals surface area (Å²) in [6.45, 7) is 5.31. The molecule has 0 fully saturated rings. The molecule has 0 spiro atoms. The van der Waals surface area contributed by atoms with Gasteiger partial charge in [0.1, 0.15) is 12.4 Å². The summed E-state index contributed by atoms with van der Waals surface area (Å²) >= 11 is 0. The molecule has 3 rings (SSSR count).